The zero-order chi connectivity index (χ0) is 5.86. The van der Waals surface area contributed by atoms with Crippen LogP contribution in [0.15, 0.2) is 0 Å². The third-order valence-corrected chi connectivity index (χ3v) is 0.498. The molecule has 3 heteroatoms. The Kier molecular flexibility index (Phi) is 6.74. The van der Waals surface area contributed by atoms with E-state index in [-0.39, 0.29) is 35.1 Å². The van der Waals surface area contributed by atoms with Crippen molar-refractivity contribution in [1.29, 1.82) is 0 Å². The predicted octanol–water partition coefficient (Wildman–Crippen LogP) is 0.552. The fraction of sp³-hybridized carbons (Fsp3) is 0.600. The van der Waals surface area contributed by atoms with Crippen molar-refractivity contribution < 1.29 is 26.7 Å². The number of ketones is 2. The summed E-state index contributed by atoms with van der Waals surface area (Å²) < 4.78 is 0. The predicted molar refractivity (Wildman–Crippen MR) is 26.0 cm³/mol. The molecule has 1 radical (unpaired) electrons. The summed E-state index contributed by atoms with van der Waals surface area (Å²) >= 11 is 0. The molecule has 2 nitrogen and oxygen atoms in total. The molecule has 0 bridgehead atoms. The van der Waals surface area contributed by atoms with E-state index in [9.17, 15) is 9.59 Å². The first-order chi connectivity index (χ1) is 3.13. The molecule has 0 saturated carbocycles. The fourth-order valence-electron chi connectivity index (χ4n) is 0.351. The molecule has 0 saturated heterocycles. The van der Waals surface area contributed by atoms with E-state index in [1.165, 1.54) is 13.8 Å². The van der Waals surface area contributed by atoms with Crippen molar-refractivity contribution in [3.63, 3.8) is 0 Å². The van der Waals surface area contributed by atoms with Gasteiger partial charge in [0.25, 0.3) is 0 Å². The summed E-state index contributed by atoms with van der Waals surface area (Å²) in [6.45, 7) is 2.81. The Morgan fingerprint density at radius 1 is 1.12 bits per heavy atom. The molecule has 0 aliphatic rings. The molecule has 0 amide bonds. The summed E-state index contributed by atoms with van der Waals surface area (Å²) in [6, 6.07) is 0. The minimum atomic E-state index is -0.0625. The quantitative estimate of drug-likeness (QED) is 0.431. The second kappa shape index (κ2) is 5.01. The Labute approximate surface area is 59.1 Å². The van der Waals surface area contributed by atoms with Gasteiger partial charge in [0.1, 0.15) is 11.6 Å². The van der Waals surface area contributed by atoms with Crippen LogP contribution in [0.1, 0.15) is 20.3 Å². The van der Waals surface area contributed by atoms with Gasteiger partial charge in [-0.25, -0.2) is 0 Å². The van der Waals surface area contributed by atoms with Gasteiger partial charge in [-0.15, -0.1) is 0 Å². The molecule has 0 fully saturated rings. The summed E-state index contributed by atoms with van der Waals surface area (Å²) in [5.74, 6) is -0.125. The van der Waals surface area contributed by atoms with Crippen molar-refractivity contribution in [2.45, 2.75) is 20.3 Å². The zero-order valence-corrected chi connectivity index (χ0v) is 6.08. The average Bonchev–Trinajstić information content (AvgIpc) is 1.27. The monoisotopic (exact) mass is 155 g/mol. The van der Waals surface area contributed by atoms with Crippen molar-refractivity contribution in [2.75, 3.05) is 0 Å². The molecule has 0 unspecified atom stereocenters. The average molecular weight is 155 g/mol. The number of Topliss-reactive ketones (excluding diaryl/α,β-unsaturated/α-hetero) is 2. The summed E-state index contributed by atoms with van der Waals surface area (Å²) in [4.78, 5) is 20.1. The molecule has 0 aromatic heterocycles. The van der Waals surface area contributed by atoms with E-state index in [0.29, 0.717) is 0 Å². The van der Waals surface area contributed by atoms with Gasteiger partial charge >= 0.3 is 0 Å². The van der Waals surface area contributed by atoms with E-state index in [1.807, 2.05) is 0 Å². The van der Waals surface area contributed by atoms with E-state index in [2.05, 4.69) is 0 Å². The van der Waals surface area contributed by atoms with Crippen LogP contribution in [0.4, 0.5) is 0 Å². The SMILES string of the molecule is CC(=O)CC(C)=O.[Mn]. The smallest absolute Gasteiger partial charge is 0.137 e. The van der Waals surface area contributed by atoms with E-state index in [4.69, 9.17) is 0 Å². The van der Waals surface area contributed by atoms with Crippen LogP contribution < -0.4 is 0 Å². The van der Waals surface area contributed by atoms with E-state index >= 15 is 0 Å². The molecule has 47 valence electrons. The molecule has 0 heterocycles. The first-order valence-electron chi connectivity index (χ1n) is 2.12. The van der Waals surface area contributed by atoms with Gasteiger partial charge in [-0.05, 0) is 13.8 Å². The van der Waals surface area contributed by atoms with Gasteiger partial charge in [0, 0.05) is 17.1 Å². The minimum Gasteiger partial charge on any atom is -0.300 e. The second-order valence-electron chi connectivity index (χ2n) is 1.58. The topological polar surface area (TPSA) is 34.1 Å². The summed E-state index contributed by atoms with van der Waals surface area (Å²) in [7, 11) is 0. The Balaban J connectivity index is 0. The molecule has 0 aliphatic carbocycles. The van der Waals surface area contributed by atoms with Crippen LogP contribution in [0.25, 0.3) is 0 Å². The molecule has 0 aromatic rings. The van der Waals surface area contributed by atoms with Crippen LogP contribution in [-0.2, 0) is 26.7 Å². The molecule has 0 atom stereocenters. The molecular formula is C5H8MnO2. The number of carbonyl (C=O) groups is 2. The third kappa shape index (κ3) is 9.29. The largest absolute Gasteiger partial charge is 0.300 e. The van der Waals surface area contributed by atoms with E-state index in [1.54, 1.807) is 0 Å². The Bertz CT molecular complexity index is 86.6. The first kappa shape index (κ1) is 10.8. The molecule has 0 spiro atoms. The number of carbonyl (C=O) groups excluding carboxylic acids is 2. The zero-order valence-electron chi connectivity index (χ0n) is 4.90. The maximum atomic E-state index is 10.0. The number of hydrogen-bond acceptors (Lipinski definition) is 2. The standard InChI is InChI=1S/C5H8O2.Mn/c1-4(6)3-5(2)7;/h3H2,1-2H3;. The summed E-state index contributed by atoms with van der Waals surface area (Å²) in [5, 5.41) is 0. The Morgan fingerprint density at radius 3 is 1.38 bits per heavy atom. The van der Waals surface area contributed by atoms with Crippen molar-refractivity contribution in [3.8, 4) is 0 Å². The van der Waals surface area contributed by atoms with Crippen molar-refractivity contribution in [3.05, 3.63) is 0 Å². The Hall–Kier alpha value is -0.141. The van der Waals surface area contributed by atoms with Gasteiger partial charge in [-0.1, -0.05) is 0 Å². The third-order valence-electron chi connectivity index (χ3n) is 0.498. The normalized spacial score (nSPS) is 7.25. The molecular weight excluding hydrogens is 147 g/mol. The molecule has 8 heavy (non-hydrogen) atoms. The molecule has 0 N–H and O–H groups in total. The van der Waals surface area contributed by atoms with Crippen LogP contribution in [0.3, 0.4) is 0 Å². The maximum Gasteiger partial charge on any atom is 0.137 e. The second-order valence-corrected chi connectivity index (χ2v) is 1.58. The Morgan fingerprint density at radius 2 is 1.38 bits per heavy atom. The van der Waals surface area contributed by atoms with Crippen molar-refractivity contribution in [1.82, 2.24) is 0 Å². The van der Waals surface area contributed by atoms with Crippen LogP contribution in [0.5, 0.6) is 0 Å². The van der Waals surface area contributed by atoms with E-state index in [0.717, 1.165) is 0 Å². The van der Waals surface area contributed by atoms with Gasteiger partial charge in [0.15, 0.2) is 0 Å². The van der Waals surface area contributed by atoms with E-state index < -0.39 is 0 Å². The van der Waals surface area contributed by atoms with Crippen LogP contribution in [0.2, 0.25) is 0 Å². The summed E-state index contributed by atoms with van der Waals surface area (Å²) in [5.41, 5.74) is 0. The fourth-order valence-corrected chi connectivity index (χ4v) is 0.351. The first-order valence-corrected chi connectivity index (χ1v) is 2.12. The molecule has 0 aliphatic heterocycles. The van der Waals surface area contributed by atoms with Crippen LogP contribution in [-0.4, -0.2) is 11.6 Å². The summed E-state index contributed by atoms with van der Waals surface area (Å²) in [6.07, 6.45) is 0.0833. The molecule has 0 aromatic carbocycles. The van der Waals surface area contributed by atoms with Gasteiger partial charge in [-0.2, -0.15) is 0 Å². The van der Waals surface area contributed by atoms with Crippen LogP contribution in [0, 0.1) is 0 Å². The van der Waals surface area contributed by atoms with Crippen molar-refractivity contribution in [2.24, 2.45) is 0 Å². The maximum absolute atomic E-state index is 10.0. The van der Waals surface area contributed by atoms with Crippen LogP contribution >= 0.6 is 0 Å². The van der Waals surface area contributed by atoms with Gasteiger partial charge < -0.3 is 0 Å². The van der Waals surface area contributed by atoms with Gasteiger partial charge in [0.05, 0.1) is 6.42 Å². The number of rotatable bonds is 2. The minimum absolute atomic E-state index is 0. The number of hydrogen-bond donors (Lipinski definition) is 0. The van der Waals surface area contributed by atoms with Crippen molar-refractivity contribution >= 4 is 11.6 Å². The molecule has 0 rings (SSSR count). The van der Waals surface area contributed by atoms with Gasteiger partial charge in [-0.3, -0.25) is 9.59 Å². The van der Waals surface area contributed by atoms with Gasteiger partial charge in [0.2, 0.25) is 0 Å².